The summed E-state index contributed by atoms with van der Waals surface area (Å²) in [6.45, 7) is 3.27. The Morgan fingerprint density at radius 1 is 1.30 bits per heavy atom. The molecule has 0 aliphatic heterocycles. The Labute approximate surface area is 157 Å². The Balaban J connectivity index is 1.82. The topological polar surface area (TPSA) is 53.4 Å². The van der Waals surface area contributed by atoms with Gasteiger partial charge in [-0.05, 0) is 30.7 Å². The van der Waals surface area contributed by atoms with Crippen LogP contribution in [0.15, 0.2) is 24.3 Å². The first-order valence-electron chi connectivity index (χ1n) is 8.15. The third-order valence-electron chi connectivity index (χ3n) is 3.90. The minimum absolute atomic E-state index is 0.0477. The van der Waals surface area contributed by atoms with E-state index in [2.05, 4.69) is 5.10 Å². The summed E-state index contributed by atoms with van der Waals surface area (Å²) in [5.74, 6) is 0.676. The number of alkyl halides is 3. The Kier molecular flexibility index (Phi) is 5.14. The number of rotatable bonds is 5. The fourth-order valence-corrected chi connectivity index (χ4v) is 3.72. The van der Waals surface area contributed by atoms with Gasteiger partial charge >= 0.3 is 12.1 Å². The molecule has 5 nitrogen and oxygen atoms in total. The predicted molar refractivity (Wildman–Crippen MR) is 95.1 cm³/mol. The molecule has 27 heavy (non-hydrogen) atoms. The van der Waals surface area contributed by atoms with E-state index in [1.807, 2.05) is 6.92 Å². The van der Waals surface area contributed by atoms with Crippen LogP contribution in [0.4, 0.5) is 13.2 Å². The molecular weight excluding hydrogens is 381 g/mol. The lowest BCUT2D eigenvalue weighted by atomic mass is 10.2. The number of benzene rings is 1. The normalized spacial score (nSPS) is 11.8. The summed E-state index contributed by atoms with van der Waals surface area (Å²) in [4.78, 5) is 12.3. The average Bonchev–Trinajstić information content (AvgIpc) is 3.12. The molecule has 0 saturated carbocycles. The lowest BCUT2D eigenvalue weighted by Crippen LogP contribution is -2.06. The number of aromatic nitrogens is 2. The molecule has 3 aromatic rings. The summed E-state index contributed by atoms with van der Waals surface area (Å²) >= 11 is 1.49. The van der Waals surface area contributed by atoms with Gasteiger partial charge < -0.3 is 9.47 Å². The van der Waals surface area contributed by atoms with Gasteiger partial charge in [0.2, 0.25) is 0 Å². The van der Waals surface area contributed by atoms with Crippen LogP contribution in [0.25, 0.3) is 10.1 Å². The summed E-state index contributed by atoms with van der Waals surface area (Å²) in [6.07, 6.45) is -3.77. The molecule has 0 radical (unpaired) electrons. The van der Waals surface area contributed by atoms with Crippen LogP contribution in [0.5, 0.6) is 11.5 Å². The Morgan fingerprint density at radius 2 is 2.04 bits per heavy atom. The van der Waals surface area contributed by atoms with Gasteiger partial charge in [0.25, 0.3) is 0 Å². The van der Waals surface area contributed by atoms with Crippen LogP contribution >= 0.6 is 11.3 Å². The van der Waals surface area contributed by atoms with Gasteiger partial charge in [-0.3, -0.25) is 9.48 Å². The number of nitrogens with zero attached hydrogens (tertiary/aromatic N) is 2. The van der Waals surface area contributed by atoms with Crippen LogP contribution in [0.3, 0.4) is 0 Å². The van der Waals surface area contributed by atoms with Crippen molar-refractivity contribution in [2.75, 3.05) is 0 Å². The zero-order chi connectivity index (χ0) is 19.8. The number of esters is 1. The van der Waals surface area contributed by atoms with Crippen LogP contribution in [-0.2, 0) is 31.0 Å². The average molecular weight is 398 g/mol. The third kappa shape index (κ3) is 4.08. The lowest BCUT2D eigenvalue weighted by molar-refractivity contribution is -0.141. The number of fused-ring (bicyclic) bond motifs is 1. The molecule has 0 spiro atoms. The second-order valence-corrected chi connectivity index (χ2v) is 7.03. The van der Waals surface area contributed by atoms with Crippen LogP contribution in [0, 0.1) is 0 Å². The van der Waals surface area contributed by atoms with Crippen LogP contribution in [0.1, 0.15) is 30.1 Å². The predicted octanol–water partition coefficient (Wildman–Crippen LogP) is 4.72. The van der Waals surface area contributed by atoms with E-state index in [4.69, 9.17) is 9.47 Å². The number of aryl methyl sites for hydroxylation is 2. The SMILES string of the molecule is CCc1sc2cc(OCc3cc(C(F)(F)F)nn3C)ccc2c1OC(C)=O. The van der Waals surface area contributed by atoms with E-state index in [1.54, 1.807) is 18.2 Å². The van der Waals surface area contributed by atoms with E-state index in [0.717, 1.165) is 25.7 Å². The quantitative estimate of drug-likeness (QED) is 0.584. The molecular formula is C18H17F3N2O3S. The Bertz CT molecular complexity index is 992. The molecule has 2 heterocycles. The van der Waals surface area contributed by atoms with Gasteiger partial charge in [-0.2, -0.15) is 18.3 Å². The number of hydrogen-bond acceptors (Lipinski definition) is 5. The molecule has 3 rings (SSSR count). The maximum Gasteiger partial charge on any atom is 0.435 e. The van der Waals surface area contributed by atoms with Crippen molar-refractivity contribution < 1.29 is 27.4 Å². The van der Waals surface area contributed by atoms with Crippen molar-refractivity contribution in [2.45, 2.75) is 33.1 Å². The maximum atomic E-state index is 12.7. The molecule has 2 aromatic heterocycles. The number of carbonyl (C=O) groups excluding carboxylic acids is 1. The second-order valence-electron chi connectivity index (χ2n) is 5.89. The zero-order valence-corrected chi connectivity index (χ0v) is 15.7. The van der Waals surface area contributed by atoms with Gasteiger partial charge in [0.05, 0.1) is 5.69 Å². The van der Waals surface area contributed by atoms with E-state index in [1.165, 1.54) is 25.3 Å². The van der Waals surface area contributed by atoms with Crippen molar-refractivity contribution in [2.24, 2.45) is 7.05 Å². The van der Waals surface area contributed by atoms with Gasteiger partial charge in [-0.25, -0.2) is 0 Å². The number of carbonyl (C=O) groups is 1. The minimum Gasteiger partial charge on any atom is -0.487 e. The standard InChI is InChI=1S/C18H17F3N2O3S/c1-4-14-17(26-10(2)24)13-6-5-12(8-15(13)27-14)25-9-11-7-16(18(19,20)21)22-23(11)3/h5-8H,4,9H2,1-3H3. The smallest absolute Gasteiger partial charge is 0.435 e. The fourth-order valence-electron chi connectivity index (χ4n) is 2.62. The van der Waals surface area contributed by atoms with Gasteiger partial charge in [-0.15, -0.1) is 11.3 Å². The van der Waals surface area contributed by atoms with E-state index in [0.29, 0.717) is 23.6 Å². The van der Waals surface area contributed by atoms with Crippen LogP contribution < -0.4 is 9.47 Å². The van der Waals surface area contributed by atoms with E-state index in [-0.39, 0.29) is 12.6 Å². The first-order chi connectivity index (χ1) is 12.7. The number of ether oxygens (including phenoxy) is 2. The van der Waals surface area contributed by atoms with Gasteiger partial charge in [0.1, 0.15) is 12.4 Å². The van der Waals surface area contributed by atoms with Gasteiger partial charge in [0.15, 0.2) is 11.4 Å². The molecule has 0 aliphatic carbocycles. The molecule has 0 atom stereocenters. The highest BCUT2D eigenvalue weighted by molar-refractivity contribution is 7.19. The van der Waals surface area contributed by atoms with E-state index >= 15 is 0 Å². The second kappa shape index (κ2) is 7.22. The largest absolute Gasteiger partial charge is 0.487 e. The highest BCUT2D eigenvalue weighted by Crippen LogP contribution is 2.40. The van der Waals surface area contributed by atoms with E-state index in [9.17, 15) is 18.0 Å². The van der Waals surface area contributed by atoms with Crippen LogP contribution in [0.2, 0.25) is 0 Å². The van der Waals surface area contributed by atoms with Crippen LogP contribution in [-0.4, -0.2) is 15.7 Å². The highest BCUT2D eigenvalue weighted by atomic mass is 32.1. The van der Waals surface area contributed by atoms with Crippen molar-refractivity contribution in [1.82, 2.24) is 9.78 Å². The fraction of sp³-hybridized carbons (Fsp3) is 0.333. The molecule has 0 fully saturated rings. The molecule has 0 N–H and O–H groups in total. The zero-order valence-electron chi connectivity index (χ0n) is 14.9. The monoisotopic (exact) mass is 398 g/mol. The molecule has 0 unspecified atom stereocenters. The number of halogens is 3. The Hall–Kier alpha value is -2.55. The van der Waals surface area contributed by atoms with Crippen molar-refractivity contribution in [3.8, 4) is 11.5 Å². The minimum atomic E-state index is -4.49. The summed E-state index contributed by atoms with van der Waals surface area (Å²) in [6, 6.07) is 6.23. The molecule has 9 heteroatoms. The third-order valence-corrected chi connectivity index (χ3v) is 5.18. The van der Waals surface area contributed by atoms with Crippen molar-refractivity contribution in [3.63, 3.8) is 0 Å². The van der Waals surface area contributed by atoms with Crippen molar-refractivity contribution >= 4 is 27.4 Å². The molecule has 0 saturated heterocycles. The first-order valence-corrected chi connectivity index (χ1v) is 8.97. The molecule has 0 amide bonds. The lowest BCUT2D eigenvalue weighted by Gasteiger charge is -2.07. The number of hydrogen-bond donors (Lipinski definition) is 0. The van der Waals surface area contributed by atoms with Gasteiger partial charge in [0, 0.05) is 28.9 Å². The first kappa shape index (κ1) is 19.2. The maximum absolute atomic E-state index is 12.7. The van der Waals surface area contributed by atoms with Crippen molar-refractivity contribution in [1.29, 1.82) is 0 Å². The molecule has 1 aromatic carbocycles. The Morgan fingerprint density at radius 3 is 2.63 bits per heavy atom. The molecule has 144 valence electrons. The van der Waals surface area contributed by atoms with Gasteiger partial charge in [-0.1, -0.05) is 6.92 Å². The summed E-state index contributed by atoms with van der Waals surface area (Å²) in [7, 11) is 1.44. The van der Waals surface area contributed by atoms with E-state index < -0.39 is 11.9 Å². The summed E-state index contributed by atoms with van der Waals surface area (Å²) in [5, 5.41) is 4.27. The summed E-state index contributed by atoms with van der Waals surface area (Å²) in [5.41, 5.74) is -0.639. The number of thiophene rings is 1. The highest BCUT2D eigenvalue weighted by Gasteiger charge is 2.34. The van der Waals surface area contributed by atoms with Crippen molar-refractivity contribution in [3.05, 3.63) is 40.5 Å². The molecule has 0 bridgehead atoms. The summed E-state index contributed by atoms with van der Waals surface area (Å²) < 4.78 is 51.2. The molecule has 0 aliphatic rings.